The number of aliphatic hydroxyl groups excluding tert-OH is 2. The van der Waals surface area contributed by atoms with Crippen LogP contribution < -0.4 is 37.9 Å². The minimum absolute atomic E-state index is 0.0710. The van der Waals surface area contributed by atoms with Crippen molar-refractivity contribution in [1.29, 1.82) is 0 Å². The van der Waals surface area contributed by atoms with Crippen molar-refractivity contribution in [2.24, 2.45) is 0 Å². The van der Waals surface area contributed by atoms with E-state index in [9.17, 15) is 39.0 Å². The Bertz CT molecular complexity index is 3920. The number of carbonyl (C=O) groups excluding carboxylic acids is 6. The Balaban J connectivity index is 0.000000318. The Labute approximate surface area is 653 Å². The largest absolute Gasteiger partial charge is 0.491 e. The van der Waals surface area contributed by atoms with Gasteiger partial charge in [-0.2, -0.15) is 0 Å². The van der Waals surface area contributed by atoms with Crippen LogP contribution in [-0.4, -0.2) is 152 Å². The van der Waals surface area contributed by atoms with Crippen molar-refractivity contribution < 1.29 is 105 Å². The lowest BCUT2D eigenvalue weighted by atomic mass is 9.73. The number of carbonyl (C=O) groups is 6. The van der Waals surface area contributed by atoms with E-state index in [1.165, 1.54) is 0 Å². The highest BCUT2D eigenvalue weighted by molar-refractivity contribution is 5.88. The van der Waals surface area contributed by atoms with E-state index in [1.807, 2.05) is 194 Å². The van der Waals surface area contributed by atoms with Gasteiger partial charge in [0.1, 0.15) is 138 Å². The molecular formula is C90H96O22. The molecule has 22 nitrogen and oxygen atoms in total. The molecule has 22 heteroatoms. The van der Waals surface area contributed by atoms with E-state index in [-0.39, 0.29) is 129 Å². The lowest BCUT2D eigenvalue weighted by Crippen LogP contribution is -2.16. The van der Waals surface area contributed by atoms with Crippen molar-refractivity contribution in [3.63, 3.8) is 0 Å². The van der Waals surface area contributed by atoms with E-state index in [0.717, 1.165) is 56.7 Å². The number of rotatable bonds is 46. The first-order valence-electron chi connectivity index (χ1n) is 36.1. The Kier molecular flexibility index (Phi) is 36.1. The van der Waals surface area contributed by atoms with Gasteiger partial charge in [0, 0.05) is 58.1 Å². The Morgan fingerprint density at radius 3 is 0.527 bits per heavy atom. The van der Waals surface area contributed by atoms with E-state index in [2.05, 4.69) is 39.5 Å². The normalized spacial score (nSPS) is 11.1. The standard InChI is InChI=1S/C50H54O12.C40H42O10/c1-33(2)47(51)59-29-25-55-41-17-9-37(10-18-41)45(38-11-19-42(20-12-38)56-26-30-60-48(52)34(3)4)46(39-13-21-43(22-14-39)57-27-31-61-49(53)35(5)6)40-15-23-44(24-16-40)58-28-32-62-50(54)36(7)8;1-3-37(43)49-27-25-47-35-17-9-31(10-18-35)39(29-5-13-33(14-6-29)45-23-21-41)40(30-7-15-34(16-8-30)46-24-22-42)32-11-19-36(20-12-32)48-26-28-50-38(44)4-2/h9-24,45-46H,1,3,5,7,25-32H2,2,4,6,8H3;3-20,39-42H,1-2,21-28H2. The van der Waals surface area contributed by atoms with Crippen LogP contribution in [0.1, 0.15) is 95.9 Å². The molecule has 0 saturated heterocycles. The second-order valence-electron chi connectivity index (χ2n) is 25.1. The number of benzene rings is 8. The second kappa shape index (κ2) is 46.6. The van der Waals surface area contributed by atoms with Crippen LogP contribution in [0.25, 0.3) is 0 Å². The molecular weight excluding hydrogens is 1430 g/mol. The molecule has 0 bridgehead atoms. The summed E-state index contributed by atoms with van der Waals surface area (Å²) in [4.78, 5) is 70.0. The molecule has 0 radical (unpaired) electrons. The predicted molar refractivity (Wildman–Crippen MR) is 422 cm³/mol. The minimum atomic E-state index is -0.507. The van der Waals surface area contributed by atoms with Gasteiger partial charge in [-0.3, -0.25) is 0 Å². The van der Waals surface area contributed by atoms with Crippen molar-refractivity contribution in [2.75, 3.05) is 106 Å². The summed E-state index contributed by atoms with van der Waals surface area (Å²) in [5.74, 6) is 1.05. The topological polar surface area (TPSA) is 272 Å². The number of hydrogen-bond acceptors (Lipinski definition) is 22. The number of ether oxygens (including phenoxy) is 14. The number of hydrogen-bond donors (Lipinski definition) is 2. The van der Waals surface area contributed by atoms with Crippen molar-refractivity contribution in [2.45, 2.75) is 51.4 Å². The molecule has 8 rings (SSSR count). The van der Waals surface area contributed by atoms with Gasteiger partial charge in [0.25, 0.3) is 0 Å². The lowest BCUT2D eigenvalue weighted by Gasteiger charge is -2.30. The summed E-state index contributed by atoms with van der Waals surface area (Å²) in [5.41, 5.74) is 9.17. The fourth-order valence-corrected chi connectivity index (χ4v) is 11.2. The summed E-state index contributed by atoms with van der Waals surface area (Å²) in [6.45, 7) is 29.3. The molecule has 0 aliphatic rings. The quantitative estimate of drug-likeness (QED) is 0.0155. The van der Waals surface area contributed by atoms with Gasteiger partial charge in [0.15, 0.2) is 0 Å². The zero-order valence-corrected chi connectivity index (χ0v) is 63.6. The highest BCUT2D eigenvalue weighted by Crippen LogP contribution is 2.47. The smallest absolute Gasteiger partial charge is 0.333 e. The summed E-state index contributed by atoms with van der Waals surface area (Å²) in [7, 11) is 0. The summed E-state index contributed by atoms with van der Waals surface area (Å²) >= 11 is 0. The SMILES string of the molecule is C=C(C)C(=O)OCCOc1ccc(C(c2ccc(OCCOC(=O)C(=C)C)cc2)C(c2ccc(OCCOC(=O)C(=C)C)cc2)c2ccc(OCCOC(=O)C(=C)C)cc2)cc1.C=CC(=O)OCCOc1ccc(C(c2ccc(OCCO)cc2)C(c2ccc(OCCO)cc2)c2ccc(OCCOC(=O)C=C)cc2)cc1. The first-order valence-corrected chi connectivity index (χ1v) is 36.1. The van der Waals surface area contributed by atoms with E-state index < -0.39 is 35.8 Å². The summed E-state index contributed by atoms with van der Waals surface area (Å²) in [6, 6.07) is 62.2. The Morgan fingerprint density at radius 2 is 0.393 bits per heavy atom. The van der Waals surface area contributed by atoms with Gasteiger partial charge in [-0.15, -0.1) is 0 Å². The monoisotopic (exact) mass is 1530 g/mol. The Hall–Kier alpha value is -12.7. The van der Waals surface area contributed by atoms with Crippen LogP contribution in [0.2, 0.25) is 0 Å². The molecule has 0 heterocycles. The first kappa shape index (κ1) is 86.6. The highest BCUT2D eigenvalue weighted by Gasteiger charge is 2.31. The van der Waals surface area contributed by atoms with Gasteiger partial charge in [0.05, 0.1) is 13.2 Å². The molecule has 0 aromatic heterocycles. The molecule has 0 aliphatic heterocycles. The molecule has 2 atom stereocenters. The molecule has 588 valence electrons. The van der Waals surface area contributed by atoms with Gasteiger partial charge in [-0.25, -0.2) is 28.8 Å². The van der Waals surface area contributed by atoms with Crippen molar-refractivity contribution in [1.82, 2.24) is 0 Å². The third-order valence-electron chi connectivity index (χ3n) is 16.6. The number of esters is 6. The molecule has 8 aromatic carbocycles. The van der Waals surface area contributed by atoms with E-state index in [4.69, 9.17) is 66.3 Å². The average Bonchev–Trinajstić information content (AvgIpc) is 0.784. The van der Waals surface area contributed by atoms with Gasteiger partial charge in [-0.1, -0.05) is 137 Å². The predicted octanol–water partition coefficient (Wildman–Crippen LogP) is 14.3. The summed E-state index contributed by atoms with van der Waals surface area (Å²) in [6.07, 6.45) is 2.22. The highest BCUT2D eigenvalue weighted by atomic mass is 16.6. The van der Waals surface area contributed by atoms with Crippen molar-refractivity contribution >= 4 is 35.8 Å². The number of aliphatic hydroxyl groups is 2. The van der Waals surface area contributed by atoms with Crippen LogP contribution in [0.3, 0.4) is 0 Å². The molecule has 0 aliphatic carbocycles. The van der Waals surface area contributed by atoms with Crippen LogP contribution in [0.4, 0.5) is 0 Å². The zero-order chi connectivity index (χ0) is 80.6. The van der Waals surface area contributed by atoms with Gasteiger partial charge in [0.2, 0.25) is 0 Å². The second-order valence-corrected chi connectivity index (χ2v) is 25.1. The minimum Gasteiger partial charge on any atom is -0.491 e. The van der Waals surface area contributed by atoms with Crippen LogP contribution in [-0.2, 0) is 57.2 Å². The molecule has 2 N–H and O–H groups in total. The van der Waals surface area contributed by atoms with Crippen LogP contribution in [0.15, 0.2) is 268 Å². The first-order chi connectivity index (χ1) is 54.2. The maximum absolute atomic E-state index is 11.8. The van der Waals surface area contributed by atoms with E-state index >= 15 is 0 Å². The fourth-order valence-electron chi connectivity index (χ4n) is 11.2. The van der Waals surface area contributed by atoms with Gasteiger partial charge < -0.3 is 76.5 Å². The third kappa shape index (κ3) is 28.7. The van der Waals surface area contributed by atoms with Crippen LogP contribution in [0.5, 0.6) is 46.0 Å². The van der Waals surface area contributed by atoms with Gasteiger partial charge >= 0.3 is 35.8 Å². The molecule has 0 saturated carbocycles. The maximum Gasteiger partial charge on any atom is 0.333 e. The molecule has 2 unspecified atom stereocenters. The third-order valence-corrected chi connectivity index (χ3v) is 16.6. The molecule has 0 fully saturated rings. The molecule has 0 spiro atoms. The fraction of sp³-hybridized carbons (Fsp3) is 0.267. The lowest BCUT2D eigenvalue weighted by molar-refractivity contribution is -0.140. The van der Waals surface area contributed by atoms with Crippen LogP contribution >= 0.6 is 0 Å². The summed E-state index contributed by atoms with van der Waals surface area (Å²) < 4.78 is 77.3. The summed E-state index contributed by atoms with van der Waals surface area (Å²) in [5, 5.41) is 18.5. The van der Waals surface area contributed by atoms with Gasteiger partial charge in [-0.05, 0) is 169 Å². The van der Waals surface area contributed by atoms with Crippen molar-refractivity contribution in [3.8, 4) is 46.0 Å². The van der Waals surface area contributed by atoms with Crippen molar-refractivity contribution in [3.05, 3.63) is 313 Å². The Morgan fingerprint density at radius 1 is 0.250 bits per heavy atom. The van der Waals surface area contributed by atoms with E-state index in [0.29, 0.717) is 68.3 Å². The average molecular weight is 1530 g/mol. The van der Waals surface area contributed by atoms with Crippen LogP contribution in [0, 0.1) is 0 Å². The molecule has 0 amide bonds. The molecule has 8 aromatic rings. The maximum atomic E-state index is 11.8. The zero-order valence-electron chi connectivity index (χ0n) is 63.6. The van der Waals surface area contributed by atoms with E-state index in [1.54, 1.807) is 27.7 Å². The molecule has 112 heavy (non-hydrogen) atoms.